The zero-order chi connectivity index (χ0) is 15.3. The Labute approximate surface area is 127 Å². The van der Waals surface area contributed by atoms with Gasteiger partial charge in [-0.2, -0.15) is 21.7 Å². The molecule has 0 amide bonds. The molecule has 1 unspecified atom stereocenters. The van der Waals surface area contributed by atoms with Crippen molar-refractivity contribution in [2.45, 2.75) is 37.8 Å². The standard InChI is InChI=1S/C6H14N2O2.C5H11NO2S.H3P/c7-4-2-1-3-5(8)6(9)10;1-9-3-2-4(6)5(7)8;/h5H,1-4,7-8H2,(H,9,10);4H,2-3,6H2,1H3,(H,7,8);1H3/t5-;4-;/m00./s1. The zero-order valence-corrected chi connectivity index (χ0v) is 14.2. The van der Waals surface area contributed by atoms with Gasteiger partial charge in [-0.25, -0.2) is 0 Å². The van der Waals surface area contributed by atoms with Gasteiger partial charge in [0.2, 0.25) is 0 Å². The van der Waals surface area contributed by atoms with E-state index in [0.29, 0.717) is 19.4 Å². The number of hydrogen-bond acceptors (Lipinski definition) is 6. The molecule has 0 saturated carbocycles. The van der Waals surface area contributed by atoms with Crippen LogP contribution in [0.5, 0.6) is 0 Å². The molecule has 0 aromatic carbocycles. The summed E-state index contributed by atoms with van der Waals surface area (Å²) < 4.78 is 0. The van der Waals surface area contributed by atoms with Crippen molar-refractivity contribution < 1.29 is 19.8 Å². The second-order valence-electron chi connectivity index (χ2n) is 3.96. The molecule has 0 heterocycles. The molecular weight excluding hydrogens is 301 g/mol. The molecule has 0 radical (unpaired) electrons. The molecule has 0 spiro atoms. The lowest BCUT2D eigenvalue weighted by Gasteiger charge is -2.03. The van der Waals surface area contributed by atoms with Crippen molar-refractivity contribution in [3.63, 3.8) is 0 Å². The van der Waals surface area contributed by atoms with Crippen LogP contribution in [0.1, 0.15) is 25.7 Å². The Balaban J connectivity index is -0.000000277. The summed E-state index contributed by atoms with van der Waals surface area (Å²) in [5, 5.41) is 16.6. The van der Waals surface area contributed by atoms with E-state index in [9.17, 15) is 9.59 Å². The molecule has 0 saturated heterocycles. The van der Waals surface area contributed by atoms with Crippen molar-refractivity contribution in [3.8, 4) is 0 Å². The van der Waals surface area contributed by atoms with Crippen molar-refractivity contribution in [2.24, 2.45) is 17.2 Å². The summed E-state index contributed by atoms with van der Waals surface area (Å²) in [5.74, 6) is -1.03. The van der Waals surface area contributed by atoms with Gasteiger partial charge in [-0.3, -0.25) is 9.59 Å². The highest BCUT2D eigenvalue weighted by Gasteiger charge is 2.09. The SMILES string of the molecule is CSCC[C@H](N)C(=O)O.NCCCC[C@H](N)C(=O)O.P. The van der Waals surface area contributed by atoms with Crippen LogP contribution in [0.4, 0.5) is 0 Å². The number of rotatable bonds is 9. The van der Waals surface area contributed by atoms with E-state index in [2.05, 4.69) is 0 Å². The normalized spacial score (nSPS) is 12.4. The van der Waals surface area contributed by atoms with Gasteiger partial charge < -0.3 is 27.4 Å². The Morgan fingerprint density at radius 1 is 1.05 bits per heavy atom. The van der Waals surface area contributed by atoms with Gasteiger partial charge in [-0.1, -0.05) is 6.42 Å². The Morgan fingerprint density at radius 3 is 1.85 bits per heavy atom. The average Bonchev–Trinajstić information content (AvgIpc) is 2.36. The zero-order valence-electron chi connectivity index (χ0n) is 12.0. The third-order valence-electron chi connectivity index (χ3n) is 2.24. The quantitative estimate of drug-likeness (QED) is 0.286. The second-order valence-corrected chi connectivity index (χ2v) is 4.94. The fraction of sp³-hybridized carbons (Fsp3) is 0.818. The minimum absolute atomic E-state index is 0. The first kappa shape index (κ1) is 24.6. The highest BCUT2D eigenvalue weighted by Crippen LogP contribution is 1.98. The van der Waals surface area contributed by atoms with Gasteiger partial charge in [0.05, 0.1) is 0 Å². The van der Waals surface area contributed by atoms with Gasteiger partial charge in [0.15, 0.2) is 0 Å². The van der Waals surface area contributed by atoms with Gasteiger partial charge in [0.25, 0.3) is 0 Å². The predicted octanol–water partition coefficient (Wildman–Crippen LogP) is -0.263. The maximum Gasteiger partial charge on any atom is 0.320 e. The highest BCUT2D eigenvalue weighted by atomic mass is 32.2. The largest absolute Gasteiger partial charge is 0.480 e. The Kier molecular flexibility index (Phi) is 20.5. The van der Waals surface area contributed by atoms with E-state index in [1.54, 1.807) is 11.8 Å². The molecule has 8 N–H and O–H groups in total. The number of carbonyl (C=O) groups is 2. The number of nitrogens with two attached hydrogens (primary N) is 3. The van der Waals surface area contributed by atoms with Gasteiger partial charge in [-0.15, -0.1) is 0 Å². The van der Waals surface area contributed by atoms with Crippen LogP contribution in [0.15, 0.2) is 0 Å². The van der Waals surface area contributed by atoms with E-state index in [1.165, 1.54) is 0 Å². The number of unbranched alkanes of at least 4 members (excludes halogenated alkanes) is 1. The topological polar surface area (TPSA) is 153 Å². The van der Waals surface area contributed by atoms with Crippen molar-refractivity contribution in [1.29, 1.82) is 0 Å². The molecule has 0 fully saturated rings. The summed E-state index contributed by atoms with van der Waals surface area (Å²) >= 11 is 1.60. The number of thioether (sulfide) groups is 1. The van der Waals surface area contributed by atoms with Crippen LogP contribution in [0.25, 0.3) is 0 Å². The first-order chi connectivity index (χ1) is 8.86. The first-order valence-corrected chi connectivity index (χ1v) is 7.41. The average molecular weight is 329 g/mol. The third-order valence-corrected chi connectivity index (χ3v) is 2.88. The van der Waals surface area contributed by atoms with Crippen LogP contribution in [-0.4, -0.2) is 52.8 Å². The Hall–Kier alpha value is -0.400. The highest BCUT2D eigenvalue weighted by molar-refractivity contribution is 7.98. The Morgan fingerprint density at radius 2 is 1.50 bits per heavy atom. The minimum Gasteiger partial charge on any atom is -0.480 e. The summed E-state index contributed by atoms with van der Waals surface area (Å²) in [5.41, 5.74) is 15.6. The molecule has 0 bridgehead atoms. The minimum atomic E-state index is -0.933. The lowest BCUT2D eigenvalue weighted by Crippen LogP contribution is -2.30. The molecule has 9 heteroatoms. The molecule has 20 heavy (non-hydrogen) atoms. The monoisotopic (exact) mass is 329 g/mol. The van der Waals surface area contributed by atoms with Crippen LogP contribution in [0.2, 0.25) is 0 Å². The molecular formula is C11H28N3O4PS. The molecule has 0 aromatic heterocycles. The summed E-state index contributed by atoms with van der Waals surface area (Å²) in [6, 6.07) is -1.40. The smallest absolute Gasteiger partial charge is 0.320 e. The fourth-order valence-electron chi connectivity index (χ4n) is 1.00. The number of aliphatic carboxylic acids is 2. The van der Waals surface area contributed by atoms with Crippen molar-refractivity contribution in [2.75, 3.05) is 18.6 Å². The first-order valence-electron chi connectivity index (χ1n) is 6.02. The van der Waals surface area contributed by atoms with E-state index in [0.717, 1.165) is 18.6 Å². The second kappa shape index (κ2) is 16.7. The van der Waals surface area contributed by atoms with E-state index in [-0.39, 0.29) is 9.90 Å². The predicted molar refractivity (Wildman–Crippen MR) is 88.2 cm³/mol. The maximum atomic E-state index is 10.1. The summed E-state index contributed by atoms with van der Waals surface area (Å²) in [4.78, 5) is 20.2. The van der Waals surface area contributed by atoms with Crippen LogP contribution < -0.4 is 17.2 Å². The molecule has 7 nitrogen and oxygen atoms in total. The molecule has 0 aliphatic rings. The summed E-state index contributed by atoms with van der Waals surface area (Å²) in [6.45, 7) is 0.604. The van der Waals surface area contributed by atoms with Crippen LogP contribution in [-0.2, 0) is 9.59 Å². The molecule has 3 atom stereocenters. The molecule has 0 aromatic rings. The number of carboxylic acid groups (broad SMARTS) is 2. The van der Waals surface area contributed by atoms with Gasteiger partial charge in [0, 0.05) is 0 Å². The van der Waals surface area contributed by atoms with Crippen molar-refractivity contribution >= 4 is 33.6 Å². The molecule has 122 valence electrons. The van der Waals surface area contributed by atoms with Gasteiger partial charge in [-0.05, 0) is 37.8 Å². The van der Waals surface area contributed by atoms with Gasteiger partial charge in [0.1, 0.15) is 12.1 Å². The van der Waals surface area contributed by atoms with Crippen LogP contribution >= 0.6 is 21.7 Å². The molecule has 0 rings (SSSR count). The lowest BCUT2D eigenvalue weighted by molar-refractivity contribution is -0.139. The number of hydrogen-bond donors (Lipinski definition) is 5. The maximum absolute atomic E-state index is 10.1. The molecule has 0 aliphatic carbocycles. The van der Waals surface area contributed by atoms with Crippen molar-refractivity contribution in [1.82, 2.24) is 0 Å². The van der Waals surface area contributed by atoms with E-state index in [1.807, 2.05) is 6.26 Å². The lowest BCUT2D eigenvalue weighted by atomic mass is 10.1. The summed E-state index contributed by atoms with van der Waals surface area (Å²) in [7, 11) is 0. The van der Waals surface area contributed by atoms with Crippen LogP contribution in [0.3, 0.4) is 0 Å². The van der Waals surface area contributed by atoms with E-state index in [4.69, 9.17) is 27.4 Å². The molecule has 0 aliphatic heterocycles. The fourth-order valence-corrected chi connectivity index (χ4v) is 1.49. The third kappa shape index (κ3) is 17.6. The Bertz CT molecular complexity index is 260. The van der Waals surface area contributed by atoms with E-state index >= 15 is 0 Å². The van der Waals surface area contributed by atoms with Crippen molar-refractivity contribution in [3.05, 3.63) is 0 Å². The van der Waals surface area contributed by atoms with Crippen LogP contribution in [0, 0.1) is 0 Å². The van der Waals surface area contributed by atoms with E-state index < -0.39 is 24.0 Å². The van der Waals surface area contributed by atoms with Gasteiger partial charge >= 0.3 is 11.9 Å². The number of carboxylic acids is 2. The summed E-state index contributed by atoms with van der Waals surface area (Å²) in [6.07, 6.45) is 4.64.